The molecule has 0 radical (unpaired) electrons. The van der Waals surface area contributed by atoms with Crippen LogP contribution in [-0.4, -0.2) is 60.0 Å². The number of carbonyl (C=O) groups excluding carboxylic acids is 1. The molecular weight excluding hydrogens is 284 g/mol. The largest absolute Gasteiger partial charge is 0.354 e. The fraction of sp³-hybridized carbons (Fsp3) is 0.600. The van der Waals surface area contributed by atoms with Crippen LogP contribution in [0.25, 0.3) is 0 Å². The van der Waals surface area contributed by atoms with Crippen LogP contribution in [0.15, 0.2) is 18.3 Å². The van der Waals surface area contributed by atoms with E-state index in [-0.39, 0.29) is 5.91 Å². The first kappa shape index (κ1) is 16.1. The van der Waals surface area contributed by atoms with E-state index in [1.807, 2.05) is 12.1 Å². The zero-order chi connectivity index (χ0) is 15.2. The Morgan fingerprint density at radius 2 is 2.05 bits per heavy atom. The Morgan fingerprint density at radius 1 is 1.33 bits per heavy atom. The van der Waals surface area contributed by atoms with Gasteiger partial charge in [-0.05, 0) is 24.4 Å². The lowest BCUT2D eigenvalue weighted by molar-refractivity contribution is -0.113. The second-order valence-corrected chi connectivity index (χ2v) is 7.17. The highest BCUT2D eigenvalue weighted by Crippen LogP contribution is 2.16. The molecule has 0 bridgehead atoms. The monoisotopic (exact) mass is 308 g/mol. The summed E-state index contributed by atoms with van der Waals surface area (Å²) >= 11 is 1.64. The minimum atomic E-state index is 0.0304. The highest BCUT2D eigenvalue weighted by molar-refractivity contribution is 8.00. The zero-order valence-electron chi connectivity index (χ0n) is 13.0. The molecule has 1 aromatic heterocycles. The van der Waals surface area contributed by atoms with Gasteiger partial charge in [0.2, 0.25) is 5.91 Å². The lowest BCUT2D eigenvalue weighted by Crippen LogP contribution is -2.44. The van der Waals surface area contributed by atoms with E-state index in [0.717, 1.165) is 37.7 Å². The van der Waals surface area contributed by atoms with Gasteiger partial charge in [-0.3, -0.25) is 4.79 Å². The maximum Gasteiger partial charge on any atom is 0.234 e. The number of aromatic nitrogens is 1. The summed E-state index contributed by atoms with van der Waals surface area (Å²) in [5.41, 5.74) is 0.766. The fourth-order valence-corrected chi connectivity index (χ4v) is 2.68. The van der Waals surface area contributed by atoms with Gasteiger partial charge in [-0.15, -0.1) is 11.8 Å². The lowest BCUT2D eigenvalue weighted by Gasteiger charge is -2.33. The summed E-state index contributed by atoms with van der Waals surface area (Å²) in [5.74, 6) is 1.50. The number of amides is 1. The van der Waals surface area contributed by atoms with Crippen molar-refractivity contribution in [1.82, 2.24) is 9.88 Å². The molecule has 1 aliphatic rings. The number of hydrogen-bond acceptors (Lipinski definition) is 5. The van der Waals surface area contributed by atoms with Crippen molar-refractivity contribution in [1.29, 1.82) is 0 Å². The summed E-state index contributed by atoms with van der Waals surface area (Å²) in [6, 6.07) is 3.91. The van der Waals surface area contributed by atoms with Crippen LogP contribution in [-0.2, 0) is 4.79 Å². The Kier molecular flexibility index (Phi) is 5.87. The van der Waals surface area contributed by atoms with E-state index < -0.39 is 0 Å². The van der Waals surface area contributed by atoms with E-state index in [9.17, 15) is 4.79 Å². The summed E-state index contributed by atoms with van der Waals surface area (Å²) < 4.78 is 0. The minimum Gasteiger partial charge on any atom is -0.354 e. The second kappa shape index (κ2) is 7.66. The molecular formula is C15H24N4OS. The first-order chi connectivity index (χ1) is 10.0. The molecule has 2 rings (SSSR count). The Hall–Kier alpha value is -1.27. The van der Waals surface area contributed by atoms with Gasteiger partial charge in [0.1, 0.15) is 5.82 Å². The minimum absolute atomic E-state index is 0.0304. The number of carbonyl (C=O) groups is 1. The molecule has 116 valence electrons. The third-order valence-corrected chi connectivity index (χ3v) is 4.50. The van der Waals surface area contributed by atoms with Gasteiger partial charge in [-0.2, -0.15) is 0 Å². The van der Waals surface area contributed by atoms with Gasteiger partial charge in [-0.25, -0.2) is 4.98 Å². The lowest BCUT2D eigenvalue weighted by atomic mass is 10.3. The summed E-state index contributed by atoms with van der Waals surface area (Å²) in [6.07, 6.45) is 1.74. The number of nitrogens with zero attached hydrogens (tertiary/aromatic N) is 3. The summed E-state index contributed by atoms with van der Waals surface area (Å²) in [6.45, 7) is 8.30. The third kappa shape index (κ3) is 5.21. The average molecular weight is 308 g/mol. The van der Waals surface area contributed by atoms with Crippen molar-refractivity contribution in [3.05, 3.63) is 18.3 Å². The molecule has 1 N–H and O–H groups in total. The normalized spacial score (nSPS) is 16.3. The number of thioether (sulfide) groups is 1. The Balaban J connectivity index is 1.85. The summed E-state index contributed by atoms with van der Waals surface area (Å²) in [5, 5.41) is 3.35. The number of anilines is 2. The van der Waals surface area contributed by atoms with Crippen LogP contribution in [0.5, 0.6) is 0 Å². The molecule has 1 fully saturated rings. The van der Waals surface area contributed by atoms with Gasteiger partial charge in [0.15, 0.2) is 0 Å². The smallest absolute Gasteiger partial charge is 0.234 e. The molecule has 1 aromatic rings. The van der Waals surface area contributed by atoms with E-state index >= 15 is 0 Å². The van der Waals surface area contributed by atoms with Gasteiger partial charge in [-0.1, -0.05) is 13.8 Å². The summed E-state index contributed by atoms with van der Waals surface area (Å²) in [4.78, 5) is 20.8. The third-order valence-electron chi connectivity index (χ3n) is 3.41. The van der Waals surface area contributed by atoms with Crippen molar-refractivity contribution >= 4 is 29.2 Å². The first-order valence-electron chi connectivity index (χ1n) is 7.35. The molecule has 1 amide bonds. The standard InChI is InChI=1S/C15H24N4OS/c1-12(2)21-11-15(20)17-13-4-5-14(16-10-13)19-8-6-18(3)7-9-19/h4-5,10,12H,6-9,11H2,1-3H3,(H,17,20). The molecule has 5 nitrogen and oxygen atoms in total. The topological polar surface area (TPSA) is 48.5 Å². The number of hydrogen-bond donors (Lipinski definition) is 1. The average Bonchev–Trinajstić information content (AvgIpc) is 2.47. The summed E-state index contributed by atoms with van der Waals surface area (Å²) in [7, 11) is 2.14. The highest BCUT2D eigenvalue weighted by Gasteiger charge is 2.15. The van der Waals surface area contributed by atoms with Crippen molar-refractivity contribution < 1.29 is 4.79 Å². The maximum atomic E-state index is 11.8. The first-order valence-corrected chi connectivity index (χ1v) is 8.40. The molecule has 0 aliphatic carbocycles. The van der Waals surface area contributed by atoms with E-state index in [4.69, 9.17) is 0 Å². The van der Waals surface area contributed by atoms with Crippen LogP contribution in [0.3, 0.4) is 0 Å². The predicted octanol–water partition coefficient (Wildman–Crippen LogP) is 1.91. The number of nitrogens with one attached hydrogen (secondary N) is 1. The van der Waals surface area contributed by atoms with E-state index in [1.165, 1.54) is 0 Å². The van der Waals surface area contributed by atoms with Crippen LogP contribution in [0.4, 0.5) is 11.5 Å². The zero-order valence-corrected chi connectivity index (χ0v) is 13.8. The fourth-order valence-electron chi connectivity index (χ4n) is 2.12. The Bertz CT molecular complexity index is 455. The molecule has 1 aliphatic heterocycles. The Morgan fingerprint density at radius 3 is 2.62 bits per heavy atom. The van der Waals surface area contributed by atoms with Crippen molar-refractivity contribution in [3.63, 3.8) is 0 Å². The quantitative estimate of drug-likeness (QED) is 0.900. The van der Waals surface area contributed by atoms with E-state index in [2.05, 4.69) is 41.0 Å². The number of piperazine rings is 1. The van der Waals surface area contributed by atoms with Crippen molar-refractivity contribution in [2.75, 3.05) is 49.2 Å². The second-order valence-electron chi connectivity index (χ2n) is 5.60. The van der Waals surface area contributed by atoms with Gasteiger partial charge < -0.3 is 15.1 Å². The molecule has 0 spiro atoms. The van der Waals surface area contributed by atoms with Crippen LogP contribution in [0.2, 0.25) is 0 Å². The van der Waals surface area contributed by atoms with Gasteiger partial charge >= 0.3 is 0 Å². The van der Waals surface area contributed by atoms with Gasteiger partial charge in [0.25, 0.3) is 0 Å². The maximum absolute atomic E-state index is 11.8. The molecule has 0 unspecified atom stereocenters. The number of rotatable bonds is 5. The van der Waals surface area contributed by atoms with Gasteiger partial charge in [0.05, 0.1) is 17.6 Å². The number of pyridine rings is 1. The van der Waals surface area contributed by atoms with Gasteiger partial charge in [0, 0.05) is 26.2 Å². The SMILES string of the molecule is CC(C)SCC(=O)Nc1ccc(N2CCN(C)CC2)nc1. The number of likely N-dealkylation sites (N-methyl/N-ethyl adjacent to an activating group) is 1. The highest BCUT2D eigenvalue weighted by atomic mass is 32.2. The molecule has 1 saturated heterocycles. The van der Waals surface area contributed by atoms with Crippen LogP contribution in [0.1, 0.15) is 13.8 Å². The van der Waals surface area contributed by atoms with Crippen LogP contribution >= 0.6 is 11.8 Å². The van der Waals surface area contributed by atoms with Crippen molar-refractivity contribution in [2.45, 2.75) is 19.1 Å². The molecule has 21 heavy (non-hydrogen) atoms. The molecule has 6 heteroatoms. The van der Waals surface area contributed by atoms with Crippen LogP contribution in [0, 0.1) is 0 Å². The Labute approximate surface area is 131 Å². The molecule has 0 saturated carbocycles. The molecule has 0 atom stereocenters. The molecule has 0 aromatic carbocycles. The predicted molar refractivity (Wildman–Crippen MR) is 90.2 cm³/mol. The van der Waals surface area contributed by atoms with E-state index in [0.29, 0.717) is 11.0 Å². The van der Waals surface area contributed by atoms with Crippen LogP contribution < -0.4 is 10.2 Å². The van der Waals surface area contributed by atoms with Crippen molar-refractivity contribution in [3.8, 4) is 0 Å². The van der Waals surface area contributed by atoms with Crippen molar-refractivity contribution in [2.24, 2.45) is 0 Å². The van der Waals surface area contributed by atoms with E-state index in [1.54, 1.807) is 18.0 Å². The molecule has 2 heterocycles.